The highest BCUT2D eigenvalue weighted by molar-refractivity contribution is 5.85. The predicted molar refractivity (Wildman–Crippen MR) is 59.7 cm³/mol. The highest BCUT2D eigenvalue weighted by Gasteiger charge is 2.02. The Balaban J connectivity index is -0.000000163. The van der Waals surface area contributed by atoms with Crippen LogP contribution in [-0.4, -0.2) is 55.0 Å². The lowest BCUT2D eigenvalue weighted by molar-refractivity contribution is -0.870. The topological polar surface area (TPSA) is 57.5 Å². The van der Waals surface area contributed by atoms with E-state index < -0.39 is 5.97 Å². The summed E-state index contributed by atoms with van der Waals surface area (Å²) in [7, 11) is 6.16. The van der Waals surface area contributed by atoms with Crippen molar-refractivity contribution >= 4 is 18.4 Å². The van der Waals surface area contributed by atoms with Gasteiger partial charge in [-0.15, -0.1) is 12.4 Å². The molecule has 0 aromatic rings. The van der Waals surface area contributed by atoms with E-state index in [1.54, 1.807) is 0 Å². The summed E-state index contributed by atoms with van der Waals surface area (Å²) in [5.41, 5.74) is 0.176. The lowest BCUT2D eigenvalue weighted by Crippen LogP contribution is -2.36. The molecule has 0 unspecified atom stereocenters. The Hall–Kier alpha value is -0.580. The molecular weight excluding hydrogens is 206 g/mol. The molecule has 4 nitrogen and oxygen atoms in total. The van der Waals surface area contributed by atoms with Crippen LogP contribution in [0.25, 0.3) is 0 Å². The quantitative estimate of drug-likeness (QED) is 0.552. The number of carboxylic acid groups (broad SMARTS) is 1. The van der Waals surface area contributed by atoms with Gasteiger partial charge in [-0.2, -0.15) is 0 Å². The molecular formula is C9H21ClNO3+. The van der Waals surface area contributed by atoms with Crippen LogP contribution in [0.1, 0.15) is 6.92 Å². The second-order valence-corrected chi connectivity index (χ2v) is 3.82. The average molecular weight is 227 g/mol. The molecule has 0 bridgehead atoms. The summed E-state index contributed by atoms with van der Waals surface area (Å²) < 4.78 is 0.844. The van der Waals surface area contributed by atoms with Gasteiger partial charge in [0.05, 0.1) is 27.7 Å². The van der Waals surface area contributed by atoms with Crippen molar-refractivity contribution in [3.63, 3.8) is 0 Å². The lowest BCUT2D eigenvalue weighted by Gasteiger charge is -2.21. The van der Waals surface area contributed by atoms with Crippen molar-refractivity contribution in [2.45, 2.75) is 6.92 Å². The predicted octanol–water partition coefficient (Wildman–Crippen LogP) is 0.754. The number of rotatable bonds is 3. The van der Waals surface area contributed by atoms with E-state index in [1.165, 1.54) is 6.92 Å². The van der Waals surface area contributed by atoms with Crippen LogP contribution in [0.15, 0.2) is 12.2 Å². The molecule has 0 radical (unpaired) electrons. The number of carbonyl (C=O) groups is 1. The fourth-order valence-electron chi connectivity index (χ4n) is 0.300. The smallest absolute Gasteiger partial charge is 0.330 e. The number of halogens is 1. The van der Waals surface area contributed by atoms with E-state index in [-0.39, 0.29) is 24.6 Å². The number of quaternary nitrogens is 1. The zero-order chi connectivity index (χ0) is 11.1. The van der Waals surface area contributed by atoms with Gasteiger partial charge in [-0.05, 0) is 6.92 Å². The second-order valence-electron chi connectivity index (χ2n) is 3.82. The van der Waals surface area contributed by atoms with E-state index in [4.69, 9.17) is 10.2 Å². The van der Waals surface area contributed by atoms with E-state index in [0.29, 0.717) is 0 Å². The van der Waals surface area contributed by atoms with Gasteiger partial charge >= 0.3 is 5.97 Å². The Morgan fingerprint density at radius 3 is 1.64 bits per heavy atom. The second kappa shape index (κ2) is 8.99. The van der Waals surface area contributed by atoms with Crippen LogP contribution < -0.4 is 0 Å². The molecule has 0 aliphatic rings. The van der Waals surface area contributed by atoms with Gasteiger partial charge in [0.25, 0.3) is 0 Å². The maximum Gasteiger partial charge on any atom is 0.330 e. The number of hydrogen-bond acceptors (Lipinski definition) is 2. The lowest BCUT2D eigenvalue weighted by atomic mass is 10.4. The van der Waals surface area contributed by atoms with Crippen molar-refractivity contribution in [2.24, 2.45) is 0 Å². The van der Waals surface area contributed by atoms with Crippen molar-refractivity contribution in [3.8, 4) is 0 Å². The third-order valence-corrected chi connectivity index (χ3v) is 1.14. The maximum absolute atomic E-state index is 9.60. The summed E-state index contributed by atoms with van der Waals surface area (Å²) in [5, 5.41) is 16.3. The van der Waals surface area contributed by atoms with Crippen molar-refractivity contribution in [2.75, 3.05) is 34.3 Å². The Bertz CT molecular complexity index is 163. The molecule has 86 valence electrons. The van der Waals surface area contributed by atoms with Crippen LogP contribution in [-0.2, 0) is 4.79 Å². The third kappa shape index (κ3) is 22.5. The maximum atomic E-state index is 9.60. The Kier molecular flexibility index (Phi) is 12.2. The molecule has 5 heteroatoms. The third-order valence-electron chi connectivity index (χ3n) is 1.14. The summed E-state index contributed by atoms with van der Waals surface area (Å²) in [6.07, 6.45) is 0. The van der Waals surface area contributed by atoms with E-state index in [9.17, 15) is 4.79 Å². The molecule has 0 atom stereocenters. The van der Waals surface area contributed by atoms with Crippen LogP contribution >= 0.6 is 12.4 Å². The Morgan fingerprint density at radius 1 is 1.36 bits per heavy atom. The van der Waals surface area contributed by atoms with Crippen molar-refractivity contribution in [3.05, 3.63) is 12.2 Å². The van der Waals surface area contributed by atoms with Gasteiger partial charge in [-0.25, -0.2) is 4.79 Å². The molecule has 14 heavy (non-hydrogen) atoms. The van der Waals surface area contributed by atoms with Crippen LogP contribution in [0.3, 0.4) is 0 Å². The zero-order valence-electron chi connectivity index (χ0n) is 9.28. The number of carboxylic acids is 1. The number of aliphatic hydroxyl groups is 1. The molecule has 0 aromatic carbocycles. The van der Waals surface area contributed by atoms with Gasteiger partial charge in [0.15, 0.2) is 0 Å². The van der Waals surface area contributed by atoms with Gasteiger partial charge < -0.3 is 14.7 Å². The molecule has 0 spiro atoms. The zero-order valence-corrected chi connectivity index (χ0v) is 10.1. The van der Waals surface area contributed by atoms with Crippen LogP contribution in [0, 0.1) is 0 Å². The normalized spacial score (nSPS) is 9.21. The number of aliphatic hydroxyl groups excluding tert-OH is 1. The van der Waals surface area contributed by atoms with Crippen molar-refractivity contribution < 1.29 is 19.5 Å². The first-order chi connectivity index (χ1) is 5.70. The fraction of sp³-hybridized carbons (Fsp3) is 0.667. The SMILES string of the molecule is C=C(C)C(=O)O.C[N+](C)(C)CCO.Cl. The number of likely N-dealkylation sites (N-methyl/N-ethyl adjacent to an activating group) is 1. The van der Waals surface area contributed by atoms with Gasteiger partial charge in [0, 0.05) is 5.57 Å². The first kappa shape index (κ1) is 19.1. The Morgan fingerprint density at radius 2 is 1.64 bits per heavy atom. The molecule has 0 saturated heterocycles. The minimum Gasteiger partial charge on any atom is -0.478 e. The van der Waals surface area contributed by atoms with E-state index in [2.05, 4.69) is 27.7 Å². The average Bonchev–Trinajstić information content (AvgIpc) is 1.85. The summed E-state index contributed by atoms with van der Waals surface area (Å²) in [5.74, 6) is -0.935. The Labute approximate surface area is 91.8 Å². The molecule has 0 aromatic heterocycles. The number of aliphatic carboxylic acids is 1. The largest absolute Gasteiger partial charge is 0.478 e. The van der Waals surface area contributed by atoms with E-state index in [0.717, 1.165) is 11.0 Å². The monoisotopic (exact) mass is 226 g/mol. The first-order valence-corrected chi connectivity index (χ1v) is 4.01. The summed E-state index contributed by atoms with van der Waals surface area (Å²) >= 11 is 0. The minimum atomic E-state index is -0.935. The number of hydrogen-bond donors (Lipinski definition) is 2. The summed E-state index contributed by atoms with van der Waals surface area (Å²) in [4.78, 5) is 9.60. The van der Waals surface area contributed by atoms with Crippen LogP contribution in [0.5, 0.6) is 0 Å². The standard InChI is InChI=1S/C5H14NO.C4H6O2.ClH/c1-6(2,3)4-5-7;1-3(2)4(5)6;/h7H,4-5H2,1-3H3;1H2,2H3,(H,5,6);1H/q+1;;. The van der Waals surface area contributed by atoms with Crippen molar-refractivity contribution in [1.29, 1.82) is 0 Å². The molecule has 0 aliphatic carbocycles. The fourth-order valence-corrected chi connectivity index (χ4v) is 0.300. The minimum absolute atomic E-state index is 0. The number of nitrogens with zero attached hydrogens (tertiary/aromatic N) is 1. The molecule has 2 N–H and O–H groups in total. The molecule has 0 amide bonds. The summed E-state index contributed by atoms with van der Waals surface area (Å²) in [6.45, 7) is 5.72. The van der Waals surface area contributed by atoms with Gasteiger partial charge in [-0.3, -0.25) is 0 Å². The van der Waals surface area contributed by atoms with Gasteiger partial charge in [0.1, 0.15) is 6.54 Å². The molecule has 0 fully saturated rings. The highest BCUT2D eigenvalue weighted by atomic mass is 35.5. The van der Waals surface area contributed by atoms with Crippen LogP contribution in [0.2, 0.25) is 0 Å². The molecule has 0 aliphatic heterocycles. The molecule has 0 heterocycles. The van der Waals surface area contributed by atoms with Gasteiger partial charge in [-0.1, -0.05) is 6.58 Å². The molecule has 0 saturated carbocycles. The first-order valence-electron chi connectivity index (χ1n) is 4.01. The van der Waals surface area contributed by atoms with Gasteiger partial charge in [0.2, 0.25) is 0 Å². The highest BCUT2D eigenvalue weighted by Crippen LogP contribution is 1.84. The molecule has 0 rings (SSSR count). The van der Waals surface area contributed by atoms with E-state index in [1.807, 2.05) is 0 Å². The summed E-state index contributed by atoms with van der Waals surface area (Å²) in [6, 6.07) is 0. The van der Waals surface area contributed by atoms with E-state index >= 15 is 0 Å². The van der Waals surface area contributed by atoms with Crippen molar-refractivity contribution in [1.82, 2.24) is 0 Å². The van der Waals surface area contributed by atoms with Crippen LogP contribution in [0.4, 0.5) is 0 Å².